The second-order valence-electron chi connectivity index (χ2n) is 9.01. The number of nitrogens with one attached hydrogen (secondary N) is 1. The minimum Gasteiger partial charge on any atom is -0.479 e. The maximum absolute atomic E-state index is 14.7. The Bertz CT molecular complexity index is 1430. The molecule has 36 heavy (non-hydrogen) atoms. The number of halogens is 3. The Morgan fingerprint density at radius 1 is 1.31 bits per heavy atom. The molecule has 0 spiro atoms. The van der Waals surface area contributed by atoms with Gasteiger partial charge in [-0.3, -0.25) is 4.79 Å². The van der Waals surface area contributed by atoms with Crippen molar-refractivity contribution in [2.45, 2.75) is 44.9 Å². The molecule has 0 unspecified atom stereocenters. The maximum Gasteiger partial charge on any atom is 0.264 e. The average Bonchev–Trinajstić information content (AvgIpc) is 3.42. The average molecular weight is 503 g/mol. The Labute approximate surface area is 204 Å². The van der Waals surface area contributed by atoms with E-state index in [1.165, 1.54) is 23.6 Å². The van der Waals surface area contributed by atoms with Crippen LogP contribution in [0.4, 0.5) is 19.1 Å². The summed E-state index contributed by atoms with van der Waals surface area (Å²) in [7, 11) is 1.47. The molecule has 1 aliphatic rings. The van der Waals surface area contributed by atoms with Gasteiger partial charge in [0.2, 0.25) is 17.7 Å². The van der Waals surface area contributed by atoms with Crippen molar-refractivity contribution in [1.29, 1.82) is 0 Å². The summed E-state index contributed by atoms with van der Waals surface area (Å²) in [6, 6.07) is 6.51. The van der Waals surface area contributed by atoms with Gasteiger partial charge in [0.1, 0.15) is 23.7 Å². The third-order valence-corrected chi connectivity index (χ3v) is 6.23. The SMILES string of the molecule is COc1nc(N[C@H]2CCN(C(C)=O)C[C@H]2F)nn2ccc(-c3ccc4nnn(CC(C)(F)F)c4c3)c12. The molecule has 4 aromatic rings. The summed E-state index contributed by atoms with van der Waals surface area (Å²) in [6.45, 7) is 2.12. The normalized spacial score (nSPS) is 18.7. The molecule has 1 fully saturated rings. The van der Waals surface area contributed by atoms with Crippen molar-refractivity contribution < 1.29 is 22.7 Å². The highest BCUT2D eigenvalue weighted by molar-refractivity contribution is 5.89. The van der Waals surface area contributed by atoms with E-state index in [9.17, 15) is 18.0 Å². The molecule has 1 aliphatic heterocycles. The van der Waals surface area contributed by atoms with Crippen LogP contribution < -0.4 is 10.1 Å². The molecule has 4 heterocycles. The van der Waals surface area contributed by atoms with Gasteiger partial charge in [0, 0.05) is 32.2 Å². The van der Waals surface area contributed by atoms with Crippen LogP contribution in [0.3, 0.4) is 0 Å². The van der Waals surface area contributed by atoms with Crippen LogP contribution in [0.15, 0.2) is 30.5 Å². The smallest absolute Gasteiger partial charge is 0.264 e. The number of methoxy groups -OCH3 is 1. The van der Waals surface area contributed by atoms with E-state index in [2.05, 4.69) is 25.7 Å². The van der Waals surface area contributed by atoms with E-state index in [-0.39, 0.29) is 24.3 Å². The van der Waals surface area contributed by atoms with E-state index in [0.717, 1.165) is 18.1 Å². The van der Waals surface area contributed by atoms with E-state index < -0.39 is 24.7 Å². The molecule has 2 atom stereocenters. The van der Waals surface area contributed by atoms with Gasteiger partial charge in [0.15, 0.2) is 0 Å². The lowest BCUT2D eigenvalue weighted by Crippen LogP contribution is -2.49. The Kier molecular flexibility index (Phi) is 5.92. The van der Waals surface area contributed by atoms with E-state index in [0.29, 0.717) is 29.5 Å². The summed E-state index contributed by atoms with van der Waals surface area (Å²) in [5, 5.41) is 15.3. The van der Waals surface area contributed by atoms with Crippen molar-refractivity contribution in [1.82, 2.24) is 34.5 Å². The van der Waals surface area contributed by atoms with Crippen LogP contribution in [0.25, 0.3) is 27.7 Å². The summed E-state index contributed by atoms with van der Waals surface area (Å²) in [4.78, 5) is 17.5. The van der Waals surface area contributed by atoms with Crippen molar-refractivity contribution in [3.8, 4) is 17.0 Å². The fourth-order valence-corrected chi connectivity index (χ4v) is 4.46. The molecule has 0 bridgehead atoms. The highest BCUT2D eigenvalue weighted by atomic mass is 19.3. The first-order chi connectivity index (χ1) is 17.1. The highest BCUT2D eigenvalue weighted by Gasteiger charge is 2.31. The fraction of sp³-hybridized carbons (Fsp3) is 0.435. The van der Waals surface area contributed by atoms with Gasteiger partial charge in [-0.25, -0.2) is 22.4 Å². The Morgan fingerprint density at radius 2 is 2.11 bits per heavy atom. The summed E-state index contributed by atoms with van der Waals surface area (Å²) in [6.07, 6.45) is 0.861. The van der Waals surface area contributed by atoms with E-state index >= 15 is 0 Å². The molecule has 0 aliphatic carbocycles. The Hall–Kier alpha value is -3.90. The predicted octanol–water partition coefficient (Wildman–Crippen LogP) is 3.18. The van der Waals surface area contributed by atoms with Crippen molar-refractivity contribution in [3.63, 3.8) is 0 Å². The van der Waals surface area contributed by atoms with Gasteiger partial charge in [-0.2, -0.15) is 4.98 Å². The first-order valence-electron chi connectivity index (χ1n) is 11.4. The van der Waals surface area contributed by atoms with Crippen molar-refractivity contribution in [2.24, 2.45) is 0 Å². The number of carbonyl (C=O) groups excluding carboxylic acids is 1. The molecule has 1 aromatic carbocycles. The number of ether oxygens (including phenoxy) is 1. The summed E-state index contributed by atoms with van der Waals surface area (Å²) < 4.78 is 50.2. The molecule has 1 saturated heterocycles. The number of amides is 1. The zero-order chi connectivity index (χ0) is 25.6. The third-order valence-electron chi connectivity index (χ3n) is 6.23. The molecular formula is C23H25F3N8O2. The third kappa shape index (κ3) is 4.52. The van der Waals surface area contributed by atoms with E-state index in [1.54, 1.807) is 22.8 Å². The number of hydrogen-bond donors (Lipinski definition) is 1. The van der Waals surface area contributed by atoms with Gasteiger partial charge < -0.3 is 15.0 Å². The second kappa shape index (κ2) is 8.95. The molecule has 10 nitrogen and oxygen atoms in total. The minimum absolute atomic E-state index is 0.0118. The second-order valence-corrected chi connectivity index (χ2v) is 9.01. The van der Waals surface area contributed by atoms with Crippen LogP contribution in [0, 0.1) is 0 Å². The lowest BCUT2D eigenvalue weighted by atomic mass is 10.0. The number of anilines is 1. The van der Waals surface area contributed by atoms with E-state index in [4.69, 9.17) is 4.74 Å². The van der Waals surface area contributed by atoms with Crippen LogP contribution in [0.1, 0.15) is 20.3 Å². The molecule has 190 valence electrons. The zero-order valence-electron chi connectivity index (χ0n) is 20.0. The first kappa shape index (κ1) is 23.8. The number of likely N-dealkylation sites (tertiary alicyclic amines) is 1. The van der Waals surface area contributed by atoms with Crippen LogP contribution in [0.5, 0.6) is 5.88 Å². The monoisotopic (exact) mass is 502 g/mol. The van der Waals surface area contributed by atoms with E-state index in [1.807, 2.05) is 12.1 Å². The lowest BCUT2D eigenvalue weighted by Gasteiger charge is -2.34. The molecule has 5 rings (SSSR count). The quantitative estimate of drug-likeness (QED) is 0.432. The van der Waals surface area contributed by atoms with Gasteiger partial charge >= 0.3 is 0 Å². The first-order valence-corrected chi connectivity index (χ1v) is 11.4. The molecule has 0 radical (unpaired) electrons. The molecule has 13 heteroatoms. The van der Waals surface area contributed by atoms with Gasteiger partial charge in [-0.05, 0) is 30.2 Å². The van der Waals surface area contributed by atoms with Crippen LogP contribution in [-0.4, -0.2) is 78.7 Å². The number of piperidine rings is 1. The van der Waals surface area contributed by atoms with Crippen molar-refractivity contribution in [3.05, 3.63) is 30.5 Å². The molecule has 3 aromatic heterocycles. The van der Waals surface area contributed by atoms with Gasteiger partial charge in [-0.1, -0.05) is 11.3 Å². The summed E-state index contributed by atoms with van der Waals surface area (Å²) in [5.41, 5.74) is 2.96. The molecule has 0 saturated carbocycles. The number of nitrogens with zero attached hydrogens (tertiary/aromatic N) is 7. The minimum atomic E-state index is -2.94. The topological polar surface area (TPSA) is 102 Å². The van der Waals surface area contributed by atoms with Crippen LogP contribution >= 0.6 is 0 Å². The van der Waals surface area contributed by atoms with Crippen LogP contribution in [-0.2, 0) is 11.3 Å². The zero-order valence-corrected chi connectivity index (χ0v) is 20.0. The number of benzene rings is 1. The number of alkyl halides is 3. The maximum atomic E-state index is 14.7. The van der Waals surface area contributed by atoms with Gasteiger partial charge in [0.25, 0.3) is 5.92 Å². The summed E-state index contributed by atoms with van der Waals surface area (Å²) in [5.74, 6) is -2.65. The standard InChI is InChI=1S/C23H25F3N8O2/c1-13(35)32-8-7-17(16(24)11-32)27-22-28-21(36-3)20-15(6-9-33(20)30-22)14-4-5-18-19(10-14)34(31-29-18)12-23(2,25)26/h4-6,9-10,16-17H,7-8,11-12H2,1-3H3,(H,27,30)/t16-,17+/m1/s1. The van der Waals surface area contributed by atoms with Crippen LogP contribution in [0.2, 0.25) is 0 Å². The highest BCUT2D eigenvalue weighted by Crippen LogP contribution is 2.33. The number of rotatable bonds is 6. The van der Waals surface area contributed by atoms with Crippen molar-refractivity contribution in [2.75, 3.05) is 25.5 Å². The van der Waals surface area contributed by atoms with Gasteiger partial charge in [-0.15, -0.1) is 10.2 Å². The predicted molar refractivity (Wildman–Crippen MR) is 126 cm³/mol. The number of carbonyl (C=O) groups is 1. The van der Waals surface area contributed by atoms with Crippen molar-refractivity contribution >= 4 is 28.4 Å². The fourth-order valence-electron chi connectivity index (χ4n) is 4.46. The Balaban J connectivity index is 1.47. The Morgan fingerprint density at radius 3 is 2.81 bits per heavy atom. The van der Waals surface area contributed by atoms with Gasteiger partial charge in [0.05, 0.1) is 25.2 Å². The number of aromatic nitrogens is 6. The molecular weight excluding hydrogens is 477 g/mol. The molecule has 1 amide bonds. The molecule has 1 N–H and O–H groups in total. The number of hydrogen-bond acceptors (Lipinski definition) is 7. The lowest BCUT2D eigenvalue weighted by molar-refractivity contribution is -0.131. The number of fused-ring (bicyclic) bond motifs is 2. The summed E-state index contributed by atoms with van der Waals surface area (Å²) >= 11 is 0. The largest absolute Gasteiger partial charge is 0.479 e.